The van der Waals surface area contributed by atoms with Gasteiger partial charge in [0.15, 0.2) is 11.5 Å². The Morgan fingerprint density at radius 2 is 1.96 bits per heavy atom. The molecule has 1 fully saturated rings. The van der Waals surface area contributed by atoms with Gasteiger partial charge in [0.1, 0.15) is 6.07 Å². The van der Waals surface area contributed by atoms with E-state index < -0.39 is 27.2 Å². The fraction of sp³-hybridized carbons (Fsp3) is 0.467. The Bertz CT molecular complexity index is 834. The molecule has 1 saturated carbocycles. The van der Waals surface area contributed by atoms with Crippen molar-refractivity contribution in [1.82, 2.24) is 0 Å². The van der Waals surface area contributed by atoms with Crippen molar-refractivity contribution >= 4 is 15.9 Å². The summed E-state index contributed by atoms with van der Waals surface area (Å²) in [5.41, 5.74) is -5.36. The molecule has 1 aliphatic carbocycles. The van der Waals surface area contributed by atoms with E-state index in [4.69, 9.17) is 0 Å². The van der Waals surface area contributed by atoms with Crippen LogP contribution in [0.25, 0.3) is 0 Å². The molecule has 5 nitrogen and oxygen atoms in total. The molecular formula is C15H14F3NO4S. The van der Waals surface area contributed by atoms with Crippen LogP contribution in [0.4, 0.5) is 13.2 Å². The minimum atomic E-state index is -5.98. The average molecular weight is 361 g/mol. The van der Waals surface area contributed by atoms with Gasteiger partial charge in [0.05, 0.1) is 11.1 Å². The molecule has 1 aromatic rings. The molecule has 130 valence electrons. The number of hydrogen-bond acceptors (Lipinski definition) is 5. The van der Waals surface area contributed by atoms with E-state index in [1.165, 1.54) is 13.0 Å². The third kappa shape index (κ3) is 3.11. The highest BCUT2D eigenvalue weighted by Crippen LogP contribution is 2.42. The predicted molar refractivity (Wildman–Crippen MR) is 78.1 cm³/mol. The molecule has 2 rings (SSSR count). The highest BCUT2D eigenvalue weighted by Gasteiger charge is 2.49. The van der Waals surface area contributed by atoms with E-state index in [-0.39, 0.29) is 17.0 Å². The van der Waals surface area contributed by atoms with Gasteiger partial charge < -0.3 is 4.18 Å². The standard InChI is InChI=1S/C15H14F3NO4S/c1-8-11(10-4-3-5-10)6-12(9(2)20)14(13(8)7-19)23-24(21,22)15(16,17)18/h6,10H,3-5H2,1-2H3. The van der Waals surface area contributed by atoms with Crippen LogP contribution in [0.3, 0.4) is 0 Å². The number of nitriles is 1. The maximum Gasteiger partial charge on any atom is 0.534 e. The Kier molecular flexibility index (Phi) is 4.63. The van der Waals surface area contributed by atoms with Crippen molar-refractivity contribution < 1.29 is 30.6 Å². The Morgan fingerprint density at radius 1 is 1.38 bits per heavy atom. The number of Topliss-reactive ketones (excluding diaryl/α,β-unsaturated/α-hetero) is 1. The molecule has 0 heterocycles. The number of rotatable bonds is 4. The Labute approximate surface area is 137 Å². The lowest BCUT2D eigenvalue weighted by atomic mass is 9.76. The zero-order chi connectivity index (χ0) is 18.3. The number of hydrogen-bond donors (Lipinski definition) is 0. The summed E-state index contributed by atoms with van der Waals surface area (Å²) in [6, 6.07) is 3.00. The van der Waals surface area contributed by atoms with Crippen molar-refractivity contribution in [1.29, 1.82) is 5.26 Å². The van der Waals surface area contributed by atoms with Gasteiger partial charge >= 0.3 is 15.6 Å². The molecule has 0 saturated heterocycles. The fourth-order valence-electron chi connectivity index (χ4n) is 2.56. The first-order chi connectivity index (χ1) is 11.0. The molecular weight excluding hydrogens is 347 g/mol. The van der Waals surface area contributed by atoms with E-state index in [9.17, 15) is 31.6 Å². The van der Waals surface area contributed by atoms with Crippen LogP contribution in [0, 0.1) is 18.3 Å². The number of carbonyl (C=O) groups is 1. The summed E-state index contributed by atoms with van der Waals surface area (Å²) < 4.78 is 64.5. The molecule has 0 unspecified atom stereocenters. The molecule has 0 aromatic heterocycles. The van der Waals surface area contributed by atoms with Gasteiger partial charge in [-0.2, -0.15) is 26.9 Å². The second-order valence-electron chi connectivity index (χ2n) is 5.62. The van der Waals surface area contributed by atoms with E-state index in [1.54, 1.807) is 6.07 Å². The summed E-state index contributed by atoms with van der Waals surface area (Å²) in [5, 5.41) is 9.28. The van der Waals surface area contributed by atoms with Crippen LogP contribution in [-0.2, 0) is 10.1 Å². The van der Waals surface area contributed by atoms with Crippen LogP contribution in [0.1, 0.15) is 59.2 Å². The van der Waals surface area contributed by atoms with E-state index in [0.717, 1.165) is 26.2 Å². The van der Waals surface area contributed by atoms with Crippen molar-refractivity contribution in [3.05, 3.63) is 28.3 Å². The van der Waals surface area contributed by atoms with E-state index in [0.29, 0.717) is 11.1 Å². The quantitative estimate of drug-likeness (QED) is 0.465. The van der Waals surface area contributed by atoms with E-state index >= 15 is 0 Å². The van der Waals surface area contributed by atoms with Gasteiger partial charge in [-0.1, -0.05) is 6.42 Å². The summed E-state index contributed by atoms with van der Waals surface area (Å²) in [4.78, 5) is 11.8. The zero-order valence-corrected chi connectivity index (χ0v) is 13.7. The van der Waals surface area contributed by atoms with Gasteiger partial charge in [-0.05, 0) is 49.8 Å². The first-order valence-electron chi connectivity index (χ1n) is 7.09. The van der Waals surface area contributed by atoms with Gasteiger partial charge in [0.25, 0.3) is 0 Å². The Balaban J connectivity index is 2.68. The van der Waals surface area contributed by atoms with Crippen LogP contribution < -0.4 is 4.18 Å². The zero-order valence-electron chi connectivity index (χ0n) is 12.9. The number of ketones is 1. The predicted octanol–water partition coefficient (Wildman–Crippen LogP) is 3.57. The lowest BCUT2D eigenvalue weighted by Gasteiger charge is -2.28. The van der Waals surface area contributed by atoms with E-state index in [1.807, 2.05) is 0 Å². The van der Waals surface area contributed by atoms with Crippen LogP contribution in [0.2, 0.25) is 0 Å². The SMILES string of the molecule is CC(=O)c1cc(C2CCC2)c(C)c(C#N)c1OS(=O)(=O)C(F)(F)F. The minimum absolute atomic E-state index is 0.100. The first kappa shape index (κ1) is 18.3. The van der Waals surface area contributed by atoms with Crippen LogP contribution >= 0.6 is 0 Å². The van der Waals surface area contributed by atoms with Crippen molar-refractivity contribution in [2.24, 2.45) is 0 Å². The van der Waals surface area contributed by atoms with E-state index in [2.05, 4.69) is 4.18 Å². The molecule has 24 heavy (non-hydrogen) atoms. The highest BCUT2D eigenvalue weighted by molar-refractivity contribution is 7.88. The molecule has 0 atom stereocenters. The maximum atomic E-state index is 12.6. The van der Waals surface area contributed by atoms with Crippen molar-refractivity contribution in [3.8, 4) is 11.8 Å². The monoisotopic (exact) mass is 361 g/mol. The first-order valence-corrected chi connectivity index (χ1v) is 8.49. The second-order valence-corrected chi connectivity index (χ2v) is 7.16. The molecule has 9 heteroatoms. The Morgan fingerprint density at radius 3 is 2.33 bits per heavy atom. The van der Waals surface area contributed by atoms with Crippen LogP contribution in [-0.4, -0.2) is 19.7 Å². The molecule has 1 aliphatic rings. The summed E-state index contributed by atoms with van der Waals surface area (Å²) in [6.45, 7) is 2.58. The van der Waals surface area contributed by atoms with Gasteiger partial charge in [0.2, 0.25) is 0 Å². The number of halogens is 3. The van der Waals surface area contributed by atoms with Crippen molar-refractivity contribution in [3.63, 3.8) is 0 Å². The molecule has 0 spiro atoms. The molecule has 0 aliphatic heterocycles. The summed E-state index contributed by atoms with van der Waals surface area (Å²) in [5.74, 6) is -1.44. The number of carbonyl (C=O) groups excluding carboxylic acids is 1. The molecule has 0 bridgehead atoms. The third-order valence-electron chi connectivity index (χ3n) is 4.09. The largest absolute Gasteiger partial charge is 0.534 e. The molecule has 0 N–H and O–H groups in total. The second kappa shape index (κ2) is 6.09. The molecule has 0 radical (unpaired) electrons. The topological polar surface area (TPSA) is 84.2 Å². The maximum absolute atomic E-state index is 12.6. The molecule has 1 aromatic carbocycles. The average Bonchev–Trinajstić information content (AvgIpc) is 2.38. The number of benzene rings is 1. The van der Waals surface area contributed by atoms with Gasteiger partial charge in [-0.25, -0.2) is 0 Å². The fourth-order valence-corrected chi connectivity index (χ4v) is 3.05. The smallest absolute Gasteiger partial charge is 0.374 e. The third-order valence-corrected chi connectivity index (χ3v) is 5.05. The van der Waals surface area contributed by atoms with Crippen LogP contribution in [0.5, 0.6) is 5.75 Å². The Hall–Kier alpha value is -2.08. The minimum Gasteiger partial charge on any atom is -0.374 e. The normalized spacial score (nSPS) is 15.5. The molecule has 0 amide bonds. The van der Waals surface area contributed by atoms with Crippen molar-refractivity contribution in [2.75, 3.05) is 0 Å². The lowest BCUT2D eigenvalue weighted by Crippen LogP contribution is -2.29. The van der Waals surface area contributed by atoms with Gasteiger partial charge in [0, 0.05) is 0 Å². The summed E-state index contributed by atoms with van der Waals surface area (Å²) in [6.07, 6.45) is 2.65. The highest BCUT2D eigenvalue weighted by atomic mass is 32.2. The summed E-state index contributed by atoms with van der Waals surface area (Å²) >= 11 is 0. The van der Waals surface area contributed by atoms with Gasteiger partial charge in [-0.3, -0.25) is 4.79 Å². The van der Waals surface area contributed by atoms with Crippen molar-refractivity contribution in [2.45, 2.75) is 44.5 Å². The number of nitrogens with zero attached hydrogens (tertiary/aromatic N) is 1. The number of alkyl halides is 3. The summed E-state index contributed by atoms with van der Waals surface area (Å²) in [7, 11) is -5.98. The van der Waals surface area contributed by atoms with Gasteiger partial charge in [-0.15, -0.1) is 0 Å². The lowest BCUT2D eigenvalue weighted by molar-refractivity contribution is -0.0500. The van der Waals surface area contributed by atoms with Crippen LogP contribution in [0.15, 0.2) is 6.07 Å².